The van der Waals surface area contributed by atoms with Gasteiger partial charge in [0.25, 0.3) is 5.69 Å². The van der Waals surface area contributed by atoms with Gasteiger partial charge in [-0.15, -0.1) is 11.3 Å². The third kappa shape index (κ3) is 6.23. The van der Waals surface area contributed by atoms with Crippen LogP contribution in [0.2, 0.25) is 0 Å². The Bertz CT molecular complexity index is 1250. The molecule has 36 heavy (non-hydrogen) atoms. The minimum Gasteiger partial charge on any atom is -0.484 e. The maximum Gasteiger partial charge on any atom is 0.416 e. The molecule has 0 aliphatic heterocycles. The van der Waals surface area contributed by atoms with Crippen molar-refractivity contribution in [1.29, 1.82) is 0 Å². The van der Waals surface area contributed by atoms with Crippen molar-refractivity contribution >= 4 is 33.7 Å². The van der Waals surface area contributed by atoms with Crippen LogP contribution < -0.4 is 14.8 Å². The number of halogens is 3. The van der Waals surface area contributed by atoms with Gasteiger partial charge in [0.05, 0.1) is 22.6 Å². The van der Waals surface area contributed by atoms with Gasteiger partial charge in [0.2, 0.25) is 0 Å². The molecule has 0 unspecified atom stereocenters. The highest BCUT2D eigenvalue weighted by Gasteiger charge is 2.35. The number of hydrogen-bond donors (Lipinski definition) is 1. The largest absolute Gasteiger partial charge is 0.484 e. The van der Waals surface area contributed by atoms with Gasteiger partial charge >= 0.3 is 12.1 Å². The number of carbonyl (C=O) groups is 1. The normalized spacial score (nSPS) is 12.1. The summed E-state index contributed by atoms with van der Waals surface area (Å²) < 4.78 is 61.1. The fourth-order valence-electron chi connectivity index (χ4n) is 3.25. The summed E-state index contributed by atoms with van der Waals surface area (Å²) >= 11 is 0.857. The topological polar surface area (TPSA) is 109 Å². The Morgan fingerprint density at radius 1 is 1.17 bits per heavy atom. The molecule has 1 N–H and O–H groups in total. The van der Waals surface area contributed by atoms with E-state index >= 15 is 0 Å². The van der Waals surface area contributed by atoms with E-state index in [-0.39, 0.29) is 45.1 Å². The van der Waals surface area contributed by atoms with Crippen LogP contribution >= 0.6 is 11.3 Å². The predicted octanol–water partition coefficient (Wildman–Crippen LogP) is 6.33. The minimum absolute atomic E-state index is 0.0363. The van der Waals surface area contributed by atoms with Gasteiger partial charge in [0, 0.05) is 30.9 Å². The second-order valence-electron chi connectivity index (χ2n) is 7.25. The molecular formula is C23H21F3N2O7S. The maximum absolute atomic E-state index is 13.5. The number of benzene rings is 2. The lowest BCUT2D eigenvalue weighted by atomic mass is 10.0. The molecule has 0 radical (unpaired) electrons. The Morgan fingerprint density at radius 2 is 1.89 bits per heavy atom. The molecule has 0 aliphatic rings. The SMILES string of the molecule is COCOc1ccc([N+](=O)[O-])c(Nc2cc(O[C@H](C)c3ccccc3C(F)(F)F)c(C(=O)OC)s2)c1. The number of esters is 1. The monoisotopic (exact) mass is 526 g/mol. The molecule has 192 valence electrons. The number of carbonyl (C=O) groups excluding carboxylic acids is 1. The van der Waals surface area contributed by atoms with Crippen LogP contribution in [-0.2, 0) is 15.7 Å². The number of nitrogens with one attached hydrogen (secondary N) is 1. The van der Waals surface area contributed by atoms with Crippen molar-refractivity contribution in [2.45, 2.75) is 19.2 Å². The van der Waals surface area contributed by atoms with Gasteiger partial charge in [-0.3, -0.25) is 10.1 Å². The zero-order chi connectivity index (χ0) is 26.5. The number of alkyl halides is 3. The summed E-state index contributed by atoms with van der Waals surface area (Å²) in [7, 11) is 2.56. The number of hydrogen-bond acceptors (Lipinski definition) is 9. The van der Waals surface area contributed by atoms with Crippen LogP contribution in [-0.4, -0.2) is 31.9 Å². The molecule has 0 saturated heterocycles. The Balaban J connectivity index is 1.96. The van der Waals surface area contributed by atoms with Crippen LogP contribution in [0, 0.1) is 10.1 Å². The third-order valence-electron chi connectivity index (χ3n) is 4.84. The van der Waals surface area contributed by atoms with Crippen molar-refractivity contribution in [3.05, 3.63) is 74.6 Å². The van der Waals surface area contributed by atoms with Gasteiger partial charge in [0.1, 0.15) is 23.3 Å². The van der Waals surface area contributed by atoms with Gasteiger partial charge in [0.15, 0.2) is 11.7 Å². The van der Waals surface area contributed by atoms with Crippen molar-refractivity contribution in [3.63, 3.8) is 0 Å². The van der Waals surface area contributed by atoms with Crippen LogP contribution in [0.1, 0.15) is 33.8 Å². The first-order chi connectivity index (χ1) is 17.0. The van der Waals surface area contributed by atoms with E-state index in [9.17, 15) is 28.1 Å². The fraction of sp³-hybridized carbons (Fsp3) is 0.261. The summed E-state index contributed by atoms with van der Waals surface area (Å²) in [4.78, 5) is 23.2. The second kappa shape index (κ2) is 11.3. The molecule has 1 heterocycles. The number of methoxy groups -OCH3 is 2. The van der Waals surface area contributed by atoms with E-state index in [1.54, 1.807) is 0 Å². The predicted molar refractivity (Wildman–Crippen MR) is 125 cm³/mol. The molecule has 9 nitrogen and oxygen atoms in total. The number of anilines is 2. The lowest BCUT2D eigenvalue weighted by Gasteiger charge is -2.19. The number of nitro benzene ring substituents is 1. The first-order valence-corrected chi connectivity index (χ1v) is 11.1. The van der Waals surface area contributed by atoms with Crippen molar-refractivity contribution in [1.82, 2.24) is 0 Å². The highest BCUT2D eigenvalue weighted by molar-refractivity contribution is 7.18. The third-order valence-corrected chi connectivity index (χ3v) is 5.85. The Labute approximate surface area is 207 Å². The lowest BCUT2D eigenvalue weighted by Crippen LogP contribution is -2.14. The number of nitrogens with zero attached hydrogens (tertiary/aromatic N) is 1. The summed E-state index contributed by atoms with van der Waals surface area (Å²) in [6.07, 6.45) is -5.69. The second-order valence-corrected chi connectivity index (χ2v) is 8.30. The van der Waals surface area contributed by atoms with Gasteiger partial charge in [-0.2, -0.15) is 13.2 Å². The quantitative estimate of drug-likeness (QED) is 0.141. The highest BCUT2D eigenvalue weighted by atomic mass is 32.1. The van der Waals surface area contributed by atoms with E-state index in [2.05, 4.69) is 5.32 Å². The minimum atomic E-state index is -4.60. The Kier molecular flexibility index (Phi) is 8.37. The molecular weight excluding hydrogens is 505 g/mol. The average molecular weight is 526 g/mol. The Morgan fingerprint density at radius 3 is 2.53 bits per heavy atom. The summed E-state index contributed by atoms with van der Waals surface area (Å²) in [5.74, 6) is -0.553. The smallest absolute Gasteiger partial charge is 0.416 e. The van der Waals surface area contributed by atoms with Crippen LogP contribution in [0.15, 0.2) is 48.5 Å². The van der Waals surface area contributed by atoms with Crippen LogP contribution in [0.4, 0.5) is 29.5 Å². The van der Waals surface area contributed by atoms with Gasteiger partial charge in [-0.1, -0.05) is 18.2 Å². The molecule has 3 rings (SSSR count). The summed E-state index contributed by atoms with van der Waals surface area (Å²) in [6, 6.07) is 10.3. The molecule has 1 aromatic heterocycles. The zero-order valence-electron chi connectivity index (χ0n) is 19.3. The summed E-state index contributed by atoms with van der Waals surface area (Å²) in [5.41, 5.74) is -1.22. The van der Waals surface area contributed by atoms with Crippen LogP contribution in [0.5, 0.6) is 11.5 Å². The molecule has 2 aromatic carbocycles. The van der Waals surface area contributed by atoms with Crippen molar-refractivity contribution < 1.29 is 41.8 Å². The maximum atomic E-state index is 13.5. The average Bonchev–Trinajstić information content (AvgIpc) is 3.23. The van der Waals surface area contributed by atoms with Gasteiger partial charge in [-0.25, -0.2) is 4.79 Å². The Hall–Kier alpha value is -3.84. The van der Waals surface area contributed by atoms with E-state index in [0.717, 1.165) is 24.5 Å². The first kappa shape index (κ1) is 26.8. The molecule has 0 spiro atoms. The van der Waals surface area contributed by atoms with E-state index in [1.807, 2.05) is 0 Å². The van der Waals surface area contributed by atoms with Gasteiger partial charge in [-0.05, 0) is 19.1 Å². The van der Waals surface area contributed by atoms with Crippen molar-refractivity contribution in [2.75, 3.05) is 26.3 Å². The molecule has 1 atom stereocenters. The number of rotatable bonds is 10. The highest BCUT2D eigenvalue weighted by Crippen LogP contribution is 2.41. The van der Waals surface area contributed by atoms with E-state index < -0.39 is 28.7 Å². The van der Waals surface area contributed by atoms with Crippen LogP contribution in [0.25, 0.3) is 0 Å². The number of thiophene rings is 1. The standard InChI is InChI=1S/C23H21F3N2O7S/c1-13(15-6-4-5-7-16(15)23(24,25)26)35-19-11-20(36-21(19)22(29)33-3)27-17-10-14(34-12-32-2)8-9-18(17)28(30)31/h4-11,13,27H,12H2,1-3H3/t13-/m1/s1. The zero-order valence-corrected chi connectivity index (χ0v) is 20.1. The van der Waals surface area contributed by atoms with E-state index in [1.165, 1.54) is 56.5 Å². The number of nitro groups is 1. The molecule has 0 aliphatic carbocycles. The van der Waals surface area contributed by atoms with E-state index in [0.29, 0.717) is 0 Å². The van der Waals surface area contributed by atoms with Crippen molar-refractivity contribution in [2.24, 2.45) is 0 Å². The molecule has 0 bridgehead atoms. The molecule has 0 amide bonds. The van der Waals surface area contributed by atoms with Crippen molar-refractivity contribution in [3.8, 4) is 11.5 Å². The molecule has 3 aromatic rings. The first-order valence-electron chi connectivity index (χ1n) is 10.3. The van der Waals surface area contributed by atoms with Gasteiger partial charge < -0.3 is 24.3 Å². The number of ether oxygens (including phenoxy) is 4. The van der Waals surface area contributed by atoms with Crippen LogP contribution in [0.3, 0.4) is 0 Å². The molecule has 0 fully saturated rings. The summed E-state index contributed by atoms with van der Waals surface area (Å²) in [6.45, 7) is 1.33. The lowest BCUT2D eigenvalue weighted by molar-refractivity contribution is -0.383. The fourth-order valence-corrected chi connectivity index (χ4v) is 4.17. The molecule has 13 heteroatoms. The summed E-state index contributed by atoms with van der Waals surface area (Å²) in [5, 5.41) is 14.6. The van der Waals surface area contributed by atoms with E-state index in [4.69, 9.17) is 18.9 Å². The molecule has 0 saturated carbocycles.